The van der Waals surface area contributed by atoms with Gasteiger partial charge in [0.15, 0.2) is 0 Å². The molecule has 3 aliphatic rings. The fourth-order valence-electron chi connectivity index (χ4n) is 4.80. The minimum atomic E-state index is 0.0959. The summed E-state index contributed by atoms with van der Waals surface area (Å²) in [5, 5.41) is 0. The second-order valence-electron chi connectivity index (χ2n) is 7.02. The van der Waals surface area contributed by atoms with Crippen LogP contribution in [0.2, 0.25) is 0 Å². The fraction of sp³-hybridized carbons (Fsp3) is 0.941. The monoisotopic (exact) mass is 279 g/mol. The van der Waals surface area contributed by atoms with Crippen molar-refractivity contribution >= 4 is 5.78 Å². The average molecular weight is 279 g/mol. The number of fused-ring (bicyclic) bond motifs is 2. The number of carbonyl (C=O) groups excluding carboxylic acids is 1. The van der Waals surface area contributed by atoms with Gasteiger partial charge in [-0.3, -0.25) is 9.69 Å². The second-order valence-corrected chi connectivity index (χ2v) is 7.02. The quantitative estimate of drug-likeness (QED) is 0.794. The third kappa shape index (κ3) is 2.55. The highest BCUT2D eigenvalue weighted by Crippen LogP contribution is 2.40. The van der Waals surface area contributed by atoms with Crippen molar-refractivity contribution in [1.82, 2.24) is 4.90 Å². The van der Waals surface area contributed by atoms with E-state index in [9.17, 15) is 4.79 Å². The van der Waals surface area contributed by atoms with Crippen LogP contribution in [0.4, 0.5) is 0 Å². The molecule has 0 aromatic carbocycles. The maximum absolute atomic E-state index is 11.9. The molecule has 114 valence electrons. The minimum absolute atomic E-state index is 0.0959. The Labute approximate surface area is 123 Å². The van der Waals surface area contributed by atoms with Crippen molar-refractivity contribution < 1.29 is 9.53 Å². The van der Waals surface area contributed by atoms with Crippen molar-refractivity contribution in [3.8, 4) is 0 Å². The van der Waals surface area contributed by atoms with Crippen LogP contribution >= 0.6 is 0 Å². The van der Waals surface area contributed by atoms with Gasteiger partial charge in [-0.2, -0.15) is 0 Å². The van der Waals surface area contributed by atoms with Crippen molar-refractivity contribution in [1.29, 1.82) is 0 Å². The van der Waals surface area contributed by atoms with Gasteiger partial charge in [0.05, 0.1) is 5.60 Å². The van der Waals surface area contributed by atoms with E-state index in [0.29, 0.717) is 23.9 Å². The summed E-state index contributed by atoms with van der Waals surface area (Å²) >= 11 is 0. The Hall–Kier alpha value is -0.410. The third-order valence-electron chi connectivity index (χ3n) is 6.02. The van der Waals surface area contributed by atoms with Crippen molar-refractivity contribution in [2.24, 2.45) is 0 Å². The predicted molar refractivity (Wildman–Crippen MR) is 79.8 cm³/mol. The summed E-state index contributed by atoms with van der Waals surface area (Å²) in [5.74, 6) is 0.500. The van der Waals surface area contributed by atoms with E-state index >= 15 is 0 Å². The summed E-state index contributed by atoms with van der Waals surface area (Å²) in [6.07, 6.45) is 9.93. The zero-order chi connectivity index (χ0) is 14.2. The lowest BCUT2D eigenvalue weighted by Gasteiger charge is -2.53. The fourth-order valence-corrected chi connectivity index (χ4v) is 4.80. The summed E-state index contributed by atoms with van der Waals surface area (Å²) in [5.41, 5.74) is 0.0959. The van der Waals surface area contributed by atoms with Crippen LogP contribution in [0.25, 0.3) is 0 Å². The molecule has 0 spiro atoms. The number of Topliss-reactive ketones (excluding diaryl/α,β-unsaturated/α-hetero) is 1. The van der Waals surface area contributed by atoms with Gasteiger partial charge in [-0.05, 0) is 38.5 Å². The Morgan fingerprint density at radius 2 is 1.75 bits per heavy atom. The van der Waals surface area contributed by atoms with E-state index in [2.05, 4.69) is 18.7 Å². The second kappa shape index (κ2) is 5.76. The molecule has 0 N–H and O–H groups in total. The van der Waals surface area contributed by atoms with Gasteiger partial charge >= 0.3 is 0 Å². The standard InChI is InChI=1S/C17H29NO2/c1-3-17(4-2)12-15(8-9-20-17)18-13-6-5-7-14(18)11-16(19)10-13/h13-15H,3-12H2,1-2H3. The Kier molecular flexibility index (Phi) is 4.19. The molecule has 20 heavy (non-hydrogen) atoms. The summed E-state index contributed by atoms with van der Waals surface area (Å²) in [7, 11) is 0. The largest absolute Gasteiger partial charge is 0.375 e. The van der Waals surface area contributed by atoms with Crippen LogP contribution in [-0.4, -0.2) is 41.0 Å². The molecule has 0 aliphatic carbocycles. The highest BCUT2D eigenvalue weighted by atomic mass is 16.5. The summed E-state index contributed by atoms with van der Waals surface area (Å²) in [6.45, 7) is 5.41. The number of hydrogen-bond acceptors (Lipinski definition) is 3. The Bertz CT molecular complexity index is 348. The molecule has 2 bridgehead atoms. The van der Waals surface area contributed by atoms with Crippen molar-refractivity contribution in [3.63, 3.8) is 0 Å². The molecule has 0 radical (unpaired) electrons. The smallest absolute Gasteiger partial charge is 0.136 e. The SMILES string of the molecule is CCC1(CC)CC(N2C3CCCC2CC(=O)C3)CCO1. The molecule has 0 saturated carbocycles. The maximum atomic E-state index is 11.9. The van der Waals surface area contributed by atoms with E-state index in [1.807, 2.05) is 0 Å². The first-order valence-corrected chi connectivity index (χ1v) is 8.60. The number of rotatable bonds is 3. The van der Waals surface area contributed by atoms with E-state index in [1.54, 1.807) is 0 Å². The van der Waals surface area contributed by atoms with Crippen LogP contribution in [0, 0.1) is 0 Å². The predicted octanol–water partition coefficient (Wildman–Crippen LogP) is 3.31. The molecule has 3 heteroatoms. The molecular formula is C17H29NO2. The van der Waals surface area contributed by atoms with Crippen molar-refractivity contribution in [2.75, 3.05) is 6.61 Å². The topological polar surface area (TPSA) is 29.5 Å². The third-order valence-corrected chi connectivity index (χ3v) is 6.02. The molecule has 3 unspecified atom stereocenters. The van der Waals surface area contributed by atoms with Crippen LogP contribution in [0.15, 0.2) is 0 Å². The van der Waals surface area contributed by atoms with Gasteiger partial charge in [-0.15, -0.1) is 0 Å². The first-order valence-electron chi connectivity index (χ1n) is 8.60. The molecule has 3 rings (SSSR count). The van der Waals surface area contributed by atoms with Crippen LogP contribution in [0.5, 0.6) is 0 Å². The molecule has 3 atom stereocenters. The van der Waals surface area contributed by atoms with Gasteiger partial charge in [0, 0.05) is 37.6 Å². The van der Waals surface area contributed by atoms with E-state index in [-0.39, 0.29) is 5.60 Å². The Morgan fingerprint density at radius 1 is 1.10 bits per heavy atom. The zero-order valence-electron chi connectivity index (χ0n) is 13.1. The lowest BCUT2D eigenvalue weighted by atomic mass is 9.78. The van der Waals surface area contributed by atoms with Crippen molar-refractivity contribution in [3.05, 3.63) is 0 Å². The summed E-state index contributed by atoms with van der Waals surface area (Å²) < 4.78 is 6.13. The molecule has 3 aliphatic heterocycles. The summed E-state index contributed by atoms with van der Waals surface area (Å²) in [4.78, 5) is 14.6. The van der Waals surface area contributed by atoms with Crippen LogP contribution in [0.1, 0.15) is 71.6 Å². The van der Waals surface area contributed by atoms with E-state index < -0.39 is 0 Å². The molecule has 3 heterocycles. The molecule has 0 amide bonds. The van der Waals surface area contributed by atoms with Gasteiger partial charge in [0.1, 0.15) is 5.78 Å². The lowest BCUT2D eigenvalue weighted by Crippen LogP contribution is -2.59. The van der Waals surface area contributed by atoms with Gasteiger partial charge in [-0.25, -0.2) is 0 Å². The first-order chi connectivity index (χ1) is 9.67. The lowest BCUT2D eigenvalue weighted by molar-refractivity contribution is -0.143. The van der Waals surface area contributed by atoms with Gasteiger partial charge in [-0.1, -0.05) is 20.3 Å². The number of piperidine rings is 2. The number of nitrogens with zero attached hydrogens (tertiary/aromatic N) is 1. The normalized spacial score (nSPS) is 37.9. The molecular weight excluding hydrogens is 250 g/mol. The van der Waals surface area contributed by atoms with Gasteiger partial charge < -0.3 is 4.74 Å². The molecule has 0 aromatic rings. The number of ketones is 1. The highest BCUT2D eigenvalue weighted by Gasteiger charge is 2.45. The zero-order valence-corrected chi connectivity index (χ0v) is 13.1. The molecule has 0 aromatic heterocycles. The number of carbonyl (C=O) groups is 1. The molecule has 3 saturated heterocycles. The Balaban J connectivity index is 1.76. The van der Waals surface area contributed by atoms with E-state index in [1.165, 1.54) is 25.7 Å². The molecule has 3 nitrogen and oxygen atoms in total. The van der Waals surface area contributed by atoms with Crippen molar-refractivity contribution in [2.45, 2.75) is 95.4 Å². The van der Waals surface area contributed by atoms with Gasteiger partial charge in [0.2, 0.25) is 0 Å². The summed E-state index contributed by atoms with van der Waals surface area (Å²) in [6, 6.07) is 1.71. The minimum Gasteiger partial charge on any atom is -0.375 e. The first kappa shape index (κ1) is 14.5. The number of hydrogen-bond donors (Lipinski definition) is 0. The van der Waals surface area contributed by atoms with E-state index in [4.69, 9.17) is 4.74 Å². The maximum Gasteiger partial charge on any atom is 0.136 e. The van der Waals surface area contributed by atoms with Crippen LogP contribution in [0.3, 0.4) is 0 Å². The van der Waals surface area contributed by atoms with Crippen LogP contribution < -0.4 is 0 Å². The average Bonchev–Trinajstić information content (AvgIpc) is 2.46. The highest BCUT2D eigenvalue weighted by molar-refractivity contribution is 5.80. The molecule has 3 fully saturated rings. The van der Waals surface area contributed by atoms with Gasteiger partial charge in [0.25, 0.3) is 0 Å². The Morgan fingerprint density at radius 3 is 2.35 bits per heavy atom. The number of ether oxygens (including phenoxy) is 1. The van der Waals surface area contributed by atoms with Crippen LogP contribution in [-0.2, 0) is 9.53 Å². The van der Waals surface area contributed by atoms with E-state index in [0.717, 1.165) is 38.7 Å².